The summed E-state index contributed by atoms with van der Waals surface area (Å²) in [5.74, 6) is 0.0928. The van der Waals surface area contributed by atoms with E-state index in [4.69, 9.17) is 0 Å². The molecule has 0 radical (unpaired) electrons. The minimum absolute atomic E-state index is 0.266. The number of hydrogen-bond donors (Lipinski definition) is 4. The third-order valence-electron chi connectivity index (χ3n) is 4.21. The molecule has 0 bridgehead atoms. The van der Waals surface area contributed by atoms with Crippen LogP contribution in [0.5, 0.6) is 0 Å². The highest BCUT2D eigenvalue weighted by atomic mass is 79.9. The number of para-hydroxylation sites is 1. The zero-order valence-electron chi connectivity index (χ0n) is 16.4. The number of aromatic nitrogens is 4. The van der Waals surface area contributed by atoms with Crippen LogP contribution in [0.3, 0.4) is 0 Å². The Morgan fingerprint density at radius 3 is 2.60 bits per heavy atom. The average Bonchev–Trinajstić information content (AvgIpc) is 3.23. The summed E-state index contributed by atoms with van der Waals surface area (Å²) >= 11 is 3.42. The molecule has 1 heterocycles. The molecule has 1 aromatic heterocycles. The topological polar surface area (TPSA) is 126 Å². The van der Waals surface area contributed by atoms with Gasteiger partial charge >= 0.3 is 6.03 Å². The molecule has 4 N–H and O–H groups in total. The van der Waals surface area contributed by atoms with Crippen molar-refractivity contribution in [3.8, 4) is 5.69 Å². The van der Waals surface area contributed by atoms with Crippen LogP contribution >= 0.6 is 15.9 Å². The number of carbonyl (C=O) groups is 2. The van der Waals surface area contributed by atoms with Gasteiger partial charge in [-0.2, -0.15) is 4.68 Å². The number of nitrogens with zero attached hydrogens (tertiary/aromatic N) is 4. The number of halogens is 1. The monoisotopic (exact) mass is 472 g/mol. The van der Waals surface area contributed by atoms with Crippen molar-refractivity contribution >= 4 is 45.2 Å². The smallest absolute Gasteiger partial charge is 0.318 e. The van der Waals surface area contributed by atoms with Gasteiger partial charge in [0, 0.05) is 17.2 Å². The first-order chi connectivity index (χ1) is 14.5. The molecular weight excluding hydrogens is 452 g/mol. The van der Waals surface area contributed by atoms with Crippen molar-refractivity contribution in [3.05, 3.63) is 53.0 Å². The number of nitrogens with one attached hydrogen (secondary N) is 4. The van der Waals surface area contributed by atoms with E-state index in [-0.39, 0.29) is 11.9 Å². The van der Waals surface area contributed by atoms with E-state index < -0.39 is 6.04 Å². The number of carbonyl (C=O) groups excluding carboxylic acids is 2. The Morgan fingerprint density at radius 2 is 1.90 bits per heavy atom. The maximum absolute atomic E-state index is 12.9. The van der Waals surface area contributed by atoms with E-state index in [9.17, 15) is 9.59 Å². The molecule has 30 heavy (non-hydrogen) atoms. The van der Waals surface area contributed by atoms with Crippen LogP contribution in [0.1, 0.15) is 13.3 Å². The van der Waals surface area contributed by atoms with Gasteiger partial charge < -0.3 is 21.3 Å². The van der Waals surface area contributed by atoms with E-state index in [0.29, 0.717) is 28.2 Å². The summed E-state index contributed by atoms with van der Waals surface area (Å²) in [5.41, 5.74) is 1.84. The number of anilines is 3. The molecule has 0 saturated heterocycles. The fourth-order valence-corrected chi connectivity index (χ4v) is 2.99. The van der Waals surface area contributed by atoms with Crippen LogP contribution in [0.25, 0.3) is 5.69 Å². The maximum atomic E-state index is 12.9. The first kappa shape index (κ1) is 21.2. The minimum atomic E-state index is -0.582. The molecule has 3 aromatic rings. The lowest BCUT2D eigenvalue weighted by Gasteiger charge is -2.18. The zero-order valence-corrected chi connectivity index (χ0v) is 18.0. The van der Waals surface area contributed by atoms with Gasteiger partial charge in [0.05, 0.1) is 11.4 Å². The summed E-state index contributed by atoms with van der Waals surface area (Å²) in [6, 6.07) is 13.6. The van der Waals surface area contributed by atoms with Gasteiger partial charge in [-0.1, -0.05) is 30.2 Å². The van der Waals surface area contributed by atoms with Gasteiger partial charge in [-0.3, -0.25) is 4.79 Å². The molecule has 10 nitrogen and oxygen atoms in total. The van der Waals surface area contributed by atoms with E-state index in [1.165, 1.54) is 11.7 Å². The molecule has 3 rings (SSSR count). The van der Waals surface area contributed by atoms with E-state index >= 15 is 0 Å². The van der Waals surface area contributed by atoms with Gasteiger partial charge in [-0.25, -0.2) is 4.79 Å². The highest BCUT2D eigenvalue weighted by Crippen LogP contribution is 2.26. The molecule has 0 aliphatic rings. The van der Waals surface area contributed by atoms with E-state index in [1.54, 1.807) is 18.2 Å². The summed E-state index contributed by atoms with van der Waals surface area (Å²) in [5, 5.41) is 22.8. The first-order valence-electron chi connectivity index (χ1n) is 9.21. The fraction of sp³-hybridized carbons (Fsp3) is 0.211. The first-order valence-corrected chi connectivity index (χ1v) is 10.0. The van der Waals surface area contributed by atoms with Gasteiger partial charge in [-0.05, 0) is 63.1 Å². The Bertz CT molecular complexity index is 1020. The molecule has 3 amide bonds. The van der Waals surface area contributed by atoms with Crippen LogP contribution in [0, 0.1) is 0 Å². The van der Waals surface area contributed by atoms with Crippen molar-refractivity contribution in [2.45, 2.75) is 19.4 Å². The lowest BCUT2D eigenvalue weighted by Crippen LogP contribution is -2.35. The highest BCUT2D eigenvalue weighted by Gasteiger charge is 2.21. The van der Waals surface area contributed by atoms with Crippen molar-refractivity contribution in [3.63, 3.8) is 0 Å². The number of tetrazole rings is 1. The van der Waals surface area contributed by atoms with Gasteiger partial charge in [0.2, 0.25) is 11.9 Å². The molecule has 156 valence electrons. The van der Waals surface area contributed by atoms with Crippen molar-refractivity contribution in [1.82, 2.24) is 25.5 Å². The van der Waals surface area contributed by atoms with Crippen molar-refractivity contribution in [2.75, 3.05) is 23.0 Å². The number of hydrogen-bond acceptors (Lipinski definition) is 6. The van der Waals surface area contributed by atoms with Crippen molar-refractivity contribution < 1.29 is 9.59 Å². The second kappa shape index (κ2) is 9.83. The average molecular weight is 473 g/mol. The maximum Gasteiger partial charge on any atom is 0.318 e. The second-order valence-corrected chi connectivity index (χ2v) is 7.10. The number of benzene rings is 2. The molecule has 0 aliphatic heterocycles. The SMILES string of the molecule is CCC(Nc1nnnn1-c1ccccc1)C(=O)Nc1cc(NC(=O)NC)ccc1Br. The molecule has 1 unspecified atom stereocenters. The summed E-state index contributed by atoms with van der Waals surface area (Å²) in [6.07, 6.45) is 0.501. The molecule has 1 atom stereocenters. The molecule has 0 fully saturated rings. The third-order valence-corrected chi connectivity index (χ3v) is 4.90. The van der Waals surface area contributed by atoms with Crippen molar-refractivity contribution in [1.29, 1.82) is 0 Å². The van der Waals surface area contributed by atoms with Crippen LogP contribution in [0.4, 0.5) is 22.1 Å². The number of rotatable bonds is 7. The van der Waals surface area contributed by atoms with E-state index in [1.807, 2.05) is 37.3 Å². The Morgan fingerprint density at radius 1 is 1.13 bits per heavy atom. The molecule has 0 spiro atoms. The summed E-state index contributed by atoms with van der Waals surface area (Å²) in [6.45, 7) is 1.88. The standard InChI is InChI=1S/C19H21BrN8O2/c1-3-15(24-18-25-26-27-28(18)13-7-5-4-6-8-13)17(29)23-16-11-12(9-10-14(16)20)22-19(30)21-2/h4-11,15H,3H2,1-2H3,(H,23,29)(H2,21,22,30)(H,24,25,27). The summed E-state index contributed by atoms with van der Waals surface area (Å²) in [4.78, 5) is 24.4. The lowest BCUT2D eigenvalue weighted by molar-refractivity contribution is -0.117. The number of urea groups is 1. The molecule has 11 heteroatoms. The number of amides is 3. The van der Waals surface area contributed by atoms with Crippen LogP contribution in [0.15, 0.2) is 53.0 Å². The van der Waals surface area contributed by atoms with E-state index in [0.717, 1.165) is 5.69 Å². The second-order valence-electron chi connectivity index (χ2n) is 6.24. The Kier molecular flexibility index (Phi) is 6.96. The van der Waals surface area contributed by atoms with Crippen LogP contribution < -0.4 is 21.3 Å². The molecule has 2 aromatic carbocycles. The Balaban J connectivity index is 1.74. The van der Waals surface area contributed by atoms with Gasteiger partial charge in [0.25, 0.3) is 0 Å². The van der Waals surface area contributed by atoms with Crippen LogP contribution in [0.2, 0.25) is 0 Å². The normalized spacial score (nSPS) is 11.4. The van der Waals surface area contributed by atoms with Gasteiger partial charge in [0.15, 0.2) is 0 Å². The summed E-state index contributed by atoms with van der Waals surface area (Å²) in [7, 11) is 1.53. The highest BCUT2D eigenvalue weighted by molar-refractivity contribution is 9.10. The molecule has 0 aliphatic carbocycles. The summed E-state index contributed by atoms with van der Waals surface area (Å²) < 4.78 is 2.21. The van der Waals surface area contributed by atoms with Crippen LogP contribution in [-0.2, 0) is 4.79 Å². The zero-order chi connectivity index (χ0) is 21.5. The molecule has 0 saturated carbocycles. The Hall–Kier alpha value is -3.47. The quantitative estimate of drug-likeness (QED) is 0.418. The largest absolute Gasteiger partial charge is 0.341 e. The van der Waals surface area contributed by atoms with Crippen molar-refractivity contribution in [2.24, 2.45) is 0 Å². The van der Waals surface area contributed by atoms with Crippen LogP contribution in [-0.4, -0.2) is 45.2 Å². The van der Waals surface area contributed by atoms with Gasteiger partial charge in [0.1, 0.15) is 6.04 Å². The predicted octanol–water partition coefficient (Wildman–Crippen LogP) is 3.01. The Labute approximate surface area is 181 Å². The third kappa shape index (κ3) is 5.11. The predicted molar refractivity (Wildman–Crippen MR) is 118 cm³/mol. The molecular formula is C19H21BrN8O2. The van der Waals surface area contributed by atoms with E-state index in [2.05, 4.69) is 52.7 Å². The lowest BCUT2D eigenvalue weighted by atomic mass is 10.2. The minimum Gasteiger partial charge on any atom is -0.341 e. The van der Waals surface area contributed by atoms with Gasteiger partial charge in [-0.15, -0.1) is 0 Å². The fourth-order valence-electron chi connectivity index (χ4n) is 2.64.